The number of para-hydroxylation sites is 1. The molecule has 4 rings (SSSR count). The Kier molecular flexibility index (Phi) is 7.29. The molecule has 0 radical (unpaired) electrons. The minimum Gasteiger partial charge on any atom is -0.367 e. The predicted octanol–water partition coefficient (Wildman–Crippen LogP) is 5.61. The number of hydrogen-bond acceptors (Lipinski definition) is 4. The highest BCUT2D eigenvalue weighted by Crippen LogP contribution is 2.30. The van der Waals surface area contributed by atoms with E-state index in [0.717, 1.165) is 26.2 Å². The number of piperazine rings is 1. The van der Waals surface area contributed by atoms with Crippen LogP contribution < -0.4 is 15.5 Å². The van der Waals surface area contributed by atoms with Crippen LogP contribution in [0.3, 0.4) is 0 Å². The van der Waals surface area contributed by atoms with Gasteiger partial charge in [-0.2, -0.15) is 0 Å². The number of carbonyl (C=O) groups is 1. The lowest BCUT2D eigenvalue weighted by Crippen LogP contribution is -2.52. The van der Waals surface area contributed by atoms with Crippen LogP contribution in [-0.2, 0) is 0 Å². The number of thiophene rings is 1. The number of nitrogens with zero attached hydrogens (tertiary/aromatic N) is 2. The SMILES string of the molecule is C[C@H](NC(=O)Nc1cccc(Cl)c1)[C@@H](c1cccs1)N1CCN(c2ccccc2F)CC1. The van der Waals surface area contributed by atoms with Crippen LogP contribution in [0.2, 0.25) is 5.02 Å². The van der Waals surface area contributed by atoms with Crippen molar-refractivity contribution >= 4 is 40.3 Å². The summed E-state index contributed by atoms with van der Waals surface area (Å²) < 4.78 is 14.2. The first-order valence-corrected chi connectivity index (χ1v) is 11.9. The molecule has 0 bridgehead atoms. The topological polar surface area (TPSA) is 47.6 Å². The van der Waals surface area contributed by atoms with Gasteiger partial charge in [-0.3, -0.25) is 4.90 Å². The molecule has 1 fully saturated rings. The third-order valence-corrected chi connectivity index (χ3v) is 6.83. The number of benzene rings is 2. The van der Waals surface area contributed by atoms with Crippen LogP contribution in [0, 0.1) is 5.82 Å². The van der Waals surface area contributed by atoms with Gasteiger partial charge in [0.1, 0.15) is 5.82 Å². The maximum absolute atomic E-state index is 14.2. The Morgan fingerprint density at radius 1 is 1.06 bits per heavy atom. The minimum absolute atomic E-state index is 0.0304. The van der Waals surface area contributed by atoms with Gasteiger partial charge in [0.15, 0.2) is 0 Å². The molecule has 32 heavy (non-hydrogen) atoms. The van der Waals surface area contributed by atoms with Crippen molar-refractivity contribution < 1.29 is 9.18 Å². The molecule has 5 nitrogen and oxygen atoms in total. The highest BCUT2D eigenvalue weighted by atomic mass is 35.5. The molecule has 0 saturated carbocycles. The van der Waals surface area contributed by atoms with Crippen LogP contribution in [0.5, 0.6) is 0 Å². The quantitative estimate of drug-likeness (QED) is 0.490. The van der Waals surface area contributed by atoms with Crippen LogP contribution in [0.1, 0.15) is 17.8 Å². The Bertz CT molecular complexity index is 1040. The van der Waals surface area contributed by atoms with E-state index in [1.54, 1.807) is 41.7 Å². The van der Waals surface area contributed by atoms with Crippen molar-refractivity contribution in [2.24, 2.45) is 0 Å². The fourth-order valence-corrected chi connectivity index (χ4v) is 5.32. The monoisotopic (exact) mass is 472 g/mol. The molecule has 2 aromatic carbocycles. The molecule has 2 atom stereocenters. The third-order valence-electron chi connectivity index (χ3n) is 5.65. The maximum Gasteiger partial charge on any atom is 0.319 e. The molecule has 168 valence electrons. The van der Waals surface area contributed by atoms with Gasteiger partial charge in [-0.1, -0.05) is 35.9 Å². The van der Waals surface area contributed by atoms with Gasteiger partial charge < -0.3 is 15.5 Å². The van der Waals surface area contributed by atoms with Crippen molar-refractivity contribution in [3.8, 4) is 0 Å². The standard InChI is InChI=1S/C24H26ClFN4OS/c1-17(27-24(31)28-19-7-4-6-18(25)16-19)23(22-10-5-15-32-22)30-13-11-29(12-14-30)21-9-3-2-8-20(21)26/h2-10,15-17,23H,11-14H2,1H3,(H2,27,28,31)/t17-,23-/m0/s1. The van der Waals surface area contributed by atoms with Crippen molar-refractivity contribution in [2.45, 2.75) is 19.0 Å². The number of amides is 2. The Labute approximate surface area is 196 Å². The highest BCUT2D eigenvalue weighted by Gasteiger charge is 2.31. The Morgan fingerprint density at radius 2 is 1.84 bits per heavy atom. The summed E-state index contributed by atoms with van der Waals surface area (Å²) in [5.41, 5.74) is 1.29. The number of nitrogens with one attached hydrogen (secondary N) is 2. The Hall–Kier alpha value is -2.61. The summed E-state index contributed by atoms with van der Waals surface area (Å²) in [6, 6.07) is 17.7. The number of urea groups is 1. The van der Waals surface area contributed by atoms with E-state index in [0.29, 0.717) is 16.4 Å². The van der Waals surface area contributed by atoms with E-state index < -0.39 is 0 Å². The lowest BCUT2D eigenvalue weighted by molar-refractivity contribution is 0.157. The summed E-state index contributed by atoms with van der Waals surface area (Å²) in [6.07, 6.45) is 0. The lowest BCUT2D eigenvalue weighted by atomic mass is 10.0. The van der Waals surface area contributed by atoms with Gasteiger partial charge in [-0.25, -0.2) is 9.18 Å². The van der Waals surface area contributed by atoms with Crippen molar-refractivity contribution in [3.05, 3.63) is 81.8 Å². The molecule has 0 unspecified atom stereocenters. The van der Waals surface area contributed by atoms with Crippen LogP contribution in [0.15, 0.2) is 66.0 Å². The number of rotatable bonds is 6. The molecule has 2 amide bonds. The van der Waals surface area contributed by atoms with Crippen LogP contribution in [0.25, 0.3) is 0 Å². The molecule has 0 spiro atoms. The van der Waals surface area contributed by atoms with E-state index in [9.17, 15) is 9.18 Å². The number of carbonyl (C=O) groups excluding carboxylic acids is 1. The molecular weight excluding hydrogens is 447 g/mol. The van der Waals surface area contributed by atoms with Gasteiger partial charge in [0.05, 0.1) is 11.7 Å². The van der Waals surface area contributed by atoms with Crippen LogP contribution in [-0.4, -0.2) is 43.2 Å². The second-order valence-corrected chi connectivity index (χ2v) is 9.25. The molecule has 0 aliphatic carbocycles. The Balaban J connectivity index is 1.43. The number of halogens is 2. The van der Waals surface area contributed by atoms with E-state index in [-0.39, 0.29) is 23.9 Å². The smallest absolute Gasteiger partial charge is 0.319 e. The average Bonchev–Trinajstić information content (AvgIpc) is 3.29. The van der Waals surface area contributed by atoms with Crippen molar-refractivity contribution in [3.63, 3.8) is 0 Å². The zero-order chi connectivity index (χ0) is 22.5. The molecule has 1 aliphatic heterocycles. The van der Waals surface area contributed by atoms with E-state index in [2.05, 4.69) is 31.9 Å². The van der Waals surface area contributed by atoms with Gasteiger partial charge in [-0.15, -0.1) is 11.3 Å². The summed E-state index contributed by atoms with van der Waals surface area (Å²) in [5, 5.41) is 8.56. The fourth-order valence-electron chi connectivity index (χ4n) is 4.17. The molecule has 8 heteroatoms. The first-order chi connectivity index (χ1) is 15.5. The summed E-state index contributed by atoms with van der Waals surface area (Å²) >= 11 is 7.70. The second-order valence-electron chi connectivity index (χ2n) is 7.83. The third kappa shape index (κ3) is 5.41. The number of anilines is 2. The molecule has 2 heterocycles. The second kappa shape index (κ2) is 10.3. The fraction of sp³-hybridized carbons (Fsp3) is 0.292. The lowest BCUT2D eigenvalue weighted by Gasteiger charge is -2.42. The molecule has 1 saturated heterocycles. The maximum atomic E-state index is 14.2. The van der Waals surface area contributed by atoms with E-state index in [4.69, 9.17) is 11.6 Å². The summed E-state index contributed by atoms with van der Waals surface area (Å²) in [7, 11) is 0. The normalized spacial score (nSPS) is 16.4. The average molecular weight is 473 g/mol. The molecule has 3 aromatic rings. The summed E-state index contributed by atoms with van der Waals surface area (Å²) in [5.74, 6) is -0.191. The van der Waals surface area contributed by atoms with Gasteiger partial charge >= 0.3 is 6.03 Å². The molecular formula is C24H26ClFN4OS. The van der Waals surface area contributed by atoms with Crippen molar-refractivity contribution in [2.75, 3.05) is 36.4 Å². The van der Waals surface area contributed by atoms with Crippen molar-refractivity contribution in [1.82, 2.24) is 10.2 Å². The largest absolute Gasteiger partial charge is 0.367 e. The van der Waals surface area contributed by atoms with E-state index in [1.807, 2.05) is 25.1 Å². The molecule has 1 aliphatic rings. The Morgan fingerprint density at radius 3 is 2.53 bits per heavy atom. The summed E-state index contributed by atoms with van der Waals surface area (Å²) in [6.45, 7) is 5.03. The van der Waals surface area contributed by atoms with Gasteiger partial charge in [0.2, 0.25) is 0 Å². The highest BCUT2D eigenvalue weighted by molar-refractivity contribution is 7.10. The molecule has 1 aromatic heterocycles. The molecule has 2 N–H and O–H groups in total. The van der Waals surface area contributed by atoms with Crippen molar-refractivity contribution in [1.29, 1.82) is 0 Å². The van der Waals surface area contributed by atoms with Crippen LogP contribution in [0.4, 0.5) is 20.6 Å². The number of hydrogen-bond donors (Lipinski definition) is 2. The first kappa shape index (κ1) is 22.6. The minimum atomic E-state index is -0.272. The zero-order valence-corrected chi connectivity index (χ0v) is 19.4. The van der Waals surface area contributed by atoms with E-state index in [1.165, 1.54) is 10.9 Å². The summed E-state index contributed by atoms with van der Waals surface area (Å²) in [4.78, 5) is 18.3. The predicted molar refractivity (Wildman–Crippen MR) is 130 cm³/mol. The van der Waals surface area contributed by atoms with Crippen LogP contribution >= 0.6 is 22.9 Å². The van der Waals surface area contributed by atoms with Gasteiger partial charge in [0, 0.05) is 47.8 Å². The van der Waals surface area contributed by atoms with Gasteiger partial charge in [0.25, 0.3) is 0 Å². The first-order valence-electron chi connectivity index (χ1n) is 10.6. The van der Waals surface area contributed by atoms with Gasteiger partial charge in [-0.05, 0) is 48.7 Å². The van der Waals surface area contributed by atoms with E-state index >= 15 is 0 Å². The zero-order valence-electron chi connectivity index (χ0n) is 17.8.